The van der Waals surface area contributed by atoms with E-state index in [2.05, 4.69) is 57.7 Å². The van der Waals surface area contributed by atoms with Gasteiger partial charge in [-0.25, -0.2) is 0 Å². The molecule has 0 radical (unpaired) electrons. The first-order valence-electron chi connectivity index (χ1n) is 10.2. The highest BCUT2D eigenvalue weighted by molar-refractivity contribution is 6.19. The van der Waals surface area contributed by atoms with Gasteiger partial charge in [-0.2, -0.15) is 0 Å². The highest BCUT2D eigenvalue weighted by atomic mass is 16.5. The monoisotopic (exact) mass is 390 g/mol. The van der Waals surface area contributed by atoms with Gasteiger partial charge in [0, 0.05) is 36.3 Å². The van der Waals surface area contributed by atoms with Gasteiger partial charge in [-0.3, -0.25) is 4.99 Å². The molecule has 1 aliphatic carbocycles. The number of hydrogen-bond donors (Lipinski definition) is 2. The minimum absolute atomic E-state index is 0.0817. The van der Waals surface area contributed by atoms with Crippen molar-refractivity contribution in [1.82, 2.24) is 0 Å². The van der Waals surface area contributed by atoms with Crippen LogP contribution in [0.2, 0.25) is 0 Å². The summed E-state index contributed by atoms with van der Waals surface area (Å²) in [6.07, 6.45) is 0.816. The summed E-state index contributed by atoms with van der Waals surface area (Å²) in [7, 11) is 1.72. The third-order valence-electron chi connectivity index (χ3n) is 6.71. The fourth-order valence-electron chi connectivity index (χ4n) is 5.00. The van der Waals surface area contributed by atoms with Gasteiger partial charge in [0.1, 0.15) is 0 Å². The Balaban J connectivity index is 2.12. The number of aliphatic imine (C=N–C) groups is 1. The predicted molar refractivity (Wildman–Crippen MR) is 120 cm³/mol. The van der Waals surface area contributed by atoms with E-state index in [9.17, 15) is 5.11 Å². The minimum atomic E-state index is -0.274. The van der Waals surface area contributed by atoms with Gasteiger partial charge in [-0.05, 0) is 52.5 Å². The third kappa shape index (κ3) is 2.85. The van der Waals surface area contributed by atoms with Gasteiger partial charge in [0.05, 0.1) is 18.4 Å². The molecule has 0 spiro atoms. The van der Waals surface area contributed by atoms with Gasteiger partial charge < -0.3 is 15.6 Å². The van der Waals surface area contributed by atoms with Crippen LogP contribution in [0.3, 0.4) is 0 Å². The average Bonchev–Trinajstić information content (AvgIpc) is 2.73. The Bertz CT molecular complexity index is 1060. The first-order chi connectivity index (χ1) is 13.8. The quantitative estimate of drug-likeness (QED) is 0.752. The third-order valence-corrected chi connectivity index (χ3v) is 6.71. The molecule has 152 valence electrons. The van der Waals surface area contributed by atoms with E-state index in [0.717, 1.165) is 29.0 Å². The molecule has 0 saturated carbocycles. The number of rotatable bonds is 5. The molecule has 2 unspecified atom stereocenters. The number of hydrogen-bond acceptors (Lipinski definition) is 4. The van der Waals surface area contributed by atoms with Crippen LogP contribution in [0.4, 0.5) is 0 Å². The van der Waals surface area contributed by atoms with Crippen molar-refractivity contribution in [3.05, 3.63) is 70.4 Å². The number of fused-ring (bicyclic) bond motifs is 2. The van der Waals surface area contributed by atoms with E-state index in [1.807, 2.05) is 0 Å². The summed E-state index contributed by atoms with van der Waals surface area (Å²) in [5.41, 5.74) is 13.6. The van der Waals surface area contributed by atoms with Crippen LogP contribution in [0, 0.1) is 0 Å². The molecule has 4 heteroatoms. The van der Waals surface area contributed by atoms with Crippen LogP contribution in [0.1, 0.15) is 49.8 Å². The lowest BCUT2D eigenvalue weighted by atomic mass is 9.65. The second kappa shape index (κ2) is 7.12. The lowest BCUT2D eigenvalue weighted by Crippen LogP contribution is -2.40. The predicted octanol–water partition coefficient (Wildman–Crippen LogP) is 4.20. The molecule has 0 bridgehead atoms. The van der Waals surface area contributed by atoms with E-state index >= 15 is 0 Å². The van der Waals surface area contributed by atoms with Crippen molar-refractivity contribution in [2.75, 3.05) is 20.3 Å². The number of allylic oxidation sites excluding steroid dienone is 2. The summed E-state index contributed by atoms with van der Waals surface area (Å²) in [6, 6.07) is 10.6. The maximum atomic E-state index is 9.88. The Kier molecular flexibility index (Phi) is 4.88. The van der Waals surface area contributed by atoms with Crippen molar-refractivity contribution in [2.24, 2.45) is 10.7 Å². The summed E-state index contributed by atoms with van der Waals surface area (Å²) < 4.78 is 5.44. The van der Waals surface area contributed by atoms with Gasteiger partial charge in [-0.1, -0.05) is 44.7 Å². The zero-order valence-electron chi connectivity index (χ0n) is 17.7. The summed E-state index contributed by atoms with van der Waals surface area (Å²) in [5.74, 6) is 0.0983. The van der Waals surface area contributed by atoms with Gasteiger partial charge in [0.2, 0.25) is 0 Å². The Hall–Kier alpha value is -2.43. The van der Waals surface area contributed by atoms with Crippen LogP contribution in [0.5, 0.6) is 0 Å². The van der Waals surface area contributed by atoms with Crippen LogP contribution in [-0.2, 0) is 10.2 Å². The number of aliphatic hydroxyl groups is 1. The van der Waals surface area contributed by atoms with Crippen molar-refractivity contribution in [3.63, 3.8) is 0 Å². The Labute approximate surface area is 172 Å². The zero-order chi connectivity index (χ0) is 20.9. The second-order valence-corrected chi connectivity index (χ2v) is 8.72. The summed E-state index contributed by atoms with van der Waals surface area (Å²) in [4.78, 5) is 5.13. The molecular weight excluding hydrogens is 360 g/mol. The van der Waals surface area contributed by atoms with Crippen molar-refractivity contribution in [2.45, 2.75) is 44.6 Å². The zero-order valence-corrected chi connectivity index (χ0v) is 17.7. The normalized spacial score (nSPS) is 22.4. The number of aliphatic hydroxyl groups excluding tert-OH is 1. The Morgan fingerprint density at radius 1 is 1.31 bits per heavy atom. The number of methoxy groups -OCH3 is 1. The molecular formula is C25H30N2O2. The van der Waals surface area contributed by atoms with Gasteiger partial charge in [0.15, 0.2) is 0 Å². The molecule has 4 nitrogen and oxygen atoms in total. The summed E-state index contributed by atoms with van der Waals surface area (Å²) in [5, 5.41) is 12.3. The SMILES string of the molecule is C=C(CO)C1N=C2C(C)=C(N)C(C)(C)c3cc4ccccc4c(c32)C1CCOC. The molecule has 2 atom stereocenters. The number of ether oxygens (including phenoxy) is 1. The van der Waals surface area contributed by atoms with Crippen LogP contribution in [0.25, 0.3) is 10.8 Å². The highest BCUT2D eigenvalue weighted by Gasteiger charge is 2.42. The Morgan fingerprint density at radius 3 is 2.72 bits per heavy atom. The van der Waals surface area contributed by atoms with Crippen molar-refractivity contribution in [3.8, 4) is 0 Å². The van der Waals surface area contributed by atoms with Crippen LogP contribution >= 0.6 is 0 Å². The molecule has 4 rings (SSSR count). The molecule has 2 aromatic rings. The van der Waals surface area contributed by atoms with Crippen LogP contribution in [-0.4, -0.2) is 37.2 Å². The topological polar surface area (TPSA) is 67.8 Å². The minimum Gasteiger partial charge on any atom is -0.401 e. The van der Waals surface area contributed by atoms with Gasteiger partial charge in [-0.15, -0.1) is 0 Å². The molecule has 0 amide bonds. The van der Waals surface area contributed by atoms with Crippen LogP contribution in [0.15, 0.2) is 58.7 Å². The van der Waals surface area contributed by atoms with E-state index in [0.29, 0.717) is 6.61 Å². The fraction of sp³-hybridized carbons (Fsp3) is 0.400. The van der Waals surface area contributed by atoms with Gasteiger partial charge in [0.25, 0.3) is 0 Å². The Morgan fingerprint density at radius 2 is 2.03 bits per heavy atom. The van der Waals surface area contributed by atoms with Crippen LogP contribution < -0.4 is 5.73 Å². The smallest absolute Gasteiger partial charge is 0.0805 e. The maximum Gasteiger partial charge on any atom is 0.0805 e. The molecule has 3 N–H and O–H groups in total. The standard InChI is InChI=1S/C25H30N2O2/c1-14(13-28)22-18(10-11-29-5)20-17-9-7-6-8-16(17)12-19-21(20)23(27-22)15(2)24(26)25(19,3)4/h6-9,12,18,22,28H,1,10-11,13,26H2,2-5H3. The molecule has 0 aromatic heterocycles. The van der Waals surface area contributed by atoms with E-state index in [1.165, 1.54) is 27.5 Å². The van der Waals surface area contributed by atoms with Crippen molar-refractivity contribution in [1.29, 1.82) is 0 Å². The molecule has 2 aromatic carbocycles. The summed E-state index contributed by atoms with van der Waals surface area (Å²) in [6.45, 7) is 11.1. The molecule has 29 heavy (non-hydrogen) atoms. The first kappa shape index (κ1) is 19.9. The van der Waals surface area contributed by atoms with Crippen molar-refractivity contribution >= 4 is 16.5 Å². The van der Waals surface area contributed by atoms with E-state index in [1.54, 1.807) is 7.11 Å². The average molecular weight is 391 g/mol. The molecule has 0 saturated heterocycles. The van der Waals surface area contributed by atoms with Gasteiger partial charge >= 0.3 is 0 Å². The lowest BCUT2D eigenvalue weighted by molar-refractivity contribution is 0.184. The van der Waals surface area contributed by atoms with Crippen molar-refractivity contribution < 1.29 is 9.84 Å². The number of benzene rings is 2. The van der Waals surface area contributed by atoms with E-state index in [4.69, 9.17) is 15.5 Å². The maximum absolute atomic E-state index is 9.88. The van der Waals surface area contributed by atoms with E-state index in [-0.39, 0.29) is 24.0 Å². The first-order valence-corrected chi connectivity index (χ1v) is 10.2. The molecule has 0 fully saturated rings. The fourth-order valence-corrected chi connectivity index (χ4v) is 5.00. The second-order valence-electron chi connectivity index (χ2n) is 8.72. The largest absolute Gasteiger partial charge is 0.401 e. The molecule has 1 aliphatic heterocycles. The summed E-state index contributed by atoms with van der Waals surface area (Å²) >= 11 is 0. The highest BCUT2D eigenvalue weighted by Crippen LogP contribution is 2.49. The molecule has 2 aliphatic rings. The number of nitrogens with two attached hydrogens (primary N) is 1. The van der Waals surface area contributed by atoms with E-state index < -0.39 is 0 Å². The molecule has 1 heterocycles. The number of nitrogens with zero attached hydrogens (tertiary/aromatic N) is 1. The lowest BCUT2D eigenvalue weighted by Gasteiger charge is -2.42.